The number of anilines is 1. The number of carbonyl (C=O) groups is 1. The number of benzene rings is 1. The Morgan fingerprint density at radius 3 is 2.58 bits per heavy atom. The zero-order valence-corrected chi connectivity index (χ0v) is 10.5. The Morgan fingerprint density at radius 2 is 2.00 bits per heavy atom. The molecule has 6 nitrogen and oxygen atoms in total. The maximum atomic E-state index is 11.9. The molecule has 1 amide bonds. The molecule has 0 unspecified atom stereocenters. The molecule has 0 radical (unpaired) electrons. The van der Waals surface area contributed by atoms with E-state index >= 15 is 0 Å². The van der Waals surface area contributed by atoms with Crippen molar-refractivity contribution in [1.29, 1.82) is 0 Å². The Labute approximate surface area is 109 Å². The van der Waals surface area contributed by atoms with Crippen molar-refractivity contribution in [2.24, 2.45) is 0 Å². The Kier molecular flexibility index (Phi) is 3.33. The molecule has 0 aliphatic carbocycles. The highest BCUT2D eigenvalue weighted by molar-refractivity contribution is 6.03. The third-order valence-electron chi connectivity index (χ3n) is 2.56. The lowest BCUT2D eigenvalue weighted by Crippen LogP contribution is -2.12. The molecule has 0 saturated carbocycles. The van der Waals surface area contributed by atoms with Crippen molar-refractivity contribution in [3.8, 4) is 0 Å². The summed E-state index contributed by atoms with van der Waals surface area (Å²) in [5.41, 5.74) is 0.754. The predicted octanol–water partition coefficient (Wildman–Crippen LogP) is 3.06. The van der Waals surface area contributed by atoms with Gasteiger partial charge in [0.25, 0.3) is 11.6 Å². The first kappa shape index (κ1) is 12.8. The van der Waals surface area contributed by atoms with Crippen LogP contribution in [-0.4, -0.2) is 10.8 Å². The van der Waals surface area contributed by atoms with Crippen LogP contribution in [0.25, 0.3) is 0 Å². The molecule has 1 aromatic carbocycles. The van der Waals surface area contributed by atoms with E-state index in [1.807, 2.05) is 0 Å². The molecular formula is C13H12N2O4. The van der Waals surface area contributed by atoms with Gasteiger partial charge in [0.1, 0.15) is 11.4 Å². The van der Waals surface area contributed by atoms with E-state index < -0.39 is 10.8 Å². The van der Waals surface area contributed by atoms with Crippen LogP contribution >= 0.6 is 0 Å². The summed E-state index contributed by atoms with van der Waals surface area (Å²) in [6, 6.07) is 7.77. The topological polar surface area (TPSA) is 85.4 Å². The zero-order valence-electron chi connectivity index (χ0n) is 10.5. The van der Waals surface area contributed by atoms with Crippen molar-refractivity contribution in [2.45, 2.75) is 13.8 Å². The van der Waals surface area contributed by atoms with Gasteiger partial charge in [0.2, 0.25) is 0 Å². The van der Waals surface area contributed by atoms with Gasteiger partial charge in [0.15, 0.2) is 5.76 Å². The van der Waals surface area contributed by atoms with E-state index in [1.54, 1.807) is 26.0 Å². The molecule has 19 heavy (non-hydrogen) atoms. The fourth-order valence-corrected chi connectivity index (χ4v) is 1.64. The van der Waals surface area contributed by atoms with Crippen LogP contribution < -0.4 is 5.32 Å². The Hall–Kier alpha value is -2.63. The van der Waals surface area contributed by atoms with Crippen molar-refractivity contribution >= 4 is 17.3 Å². The smallest absolute Gasteiger partial charge is 0.293 e. The van der Waals surface area contributed by atoms with Crippen LogP contribution in [0.15, 0.2) is 34.7 Å². The number of nitro benzene ring substituents is 1. The molecule has 98 valence electrons. The summed E-state index contributed by atoms with van der Waals surface area (Å²) in [6.07, 6.45) is 0. The molecule has 2 rings (SSSR count). The minimum Gasteiger partial charge on any atom is -0.456 e. The summed E-state index contributed by atoms with van der Waals surface area (Å²) in [7, 11) is 0. The lowest BCUT2D eigenvalue weighted by Gasteiger charge is -2.05. The average Bonchev–Trinajstić information content (AvgIpc) is 2.78. The molecule has 6 heteroatoms. The van der Waals surface area contributed by atoms with Gasteiger partial charge >= 0.3 is 0 Å². The van der Waals surface area contributed by atoms with Crippen molar-refractivity contribution < 1.29 is 14.1 Å². The highest BCUT2D eigenvalue weighted by Gasteiger charge is 2.18. The summed E-state index contributed by atoms with van der Waals surface area (Å²) in [6.45, 7) is 3.46. The van der Waals surface area contributed by atoms with E-state index in [0.717, 1.165) is 5.56 Å². The van der Waals surface area contributed by atoms with E-state index in [2.05, 4.69) is 5.32 Å². The maximum Gasteiger partial charge on any atom is 0.293 e. The molecule has 0 aliphatic rings. The van der Waals surface area contributed by atoms with E-state index in [1.165, 1.54) is 18.2 Å². The number of aryl methyl sites for hydroxylation is 2. The lowest BCUT2D eigenvalue weighted by molar-refractivity contribution is -0.384. The zero-order chi connectivity index (χ0) is 14.0. The number of furan rings is 1. The molecule has 1 heterocycles. The number of nitrogens with one attached hydrogen (secondary N) is 1. The minimum absolute atomic E-state index is 0.118. The number of nitrogens with zero attached hydrogens (tertiary/aromatic N) is 1. The third-order valence-corrected chi connectivity index (χ3v) is 2.56. The quantitative estimate of drug-likeness (QED) is 0.678. The average molecular weight is 260 g/mol. The Balaban J connectivity index is 2.28. The van der Waals surface area contributed by atoms with E-state index in [9.17, 15) is 14.9 Å². The molecule has 2 aromatic rings. The Morgan fingerprint density at radius 1 is 1.26 bits per heavy atom. The monoisotopic (exact) mass is 260 g/mol. The van der Waals surface area contributed by atoms with Crippen LogP contribution in [0.4, 0.5) is 11.4 Å². The number of amides is 1. The fourth-order valence-electron chi connectivity index (χ4n) is 1.64. The standard InChI is InChI=1S/C13H12N2O4/c1-8-3-5-10(11(7-8)15(17)18)14-13(16)12-6-4-9(2)19-12/h3-7H,1-2H3,(H,14,16). The summed E-state index contributed by atoms with van der Waals surface area (Å²) < 4.78 is 5.16. The number of hydrogen-bond donors (Lipinski definition) is 1. The van der Waals surface area contributed by atoms with Crippen molar-refractivity contribution in [3.63, 3.8) is 0 Å². The molecule has 0 bridgehead atoms. The number of carbonyl (C=O) groups excluding carboxylic acids is 1. The second-order valence-electron chi connectivity index (χ2n) is 4.14. The van der Waals surface area contributed by atoms with Gasteiger partial charge in [-0.05, 0) is 37.6 Å². The van der Waals surface area contributed by atoms with Gasteiger partial charge in [-0.1, -0.05) is 6.07 Å². The van der Waals surface area contributed by atoms with E-state index in [4.69, 9.17) is 4.42 Å². The van der Waals surface area contributed by atoms with Gasteiger partial charge < -0.3 is 9.73 Å². The van der Waals surface area contributed by atoms with E-state index in [0.29, 0.717) is 5.76 Å². The van der Waals surface area contributed by atoms with Crippen molar-refractivity contribution in [1.82, 2.24) is 0 Å². The molecule has 1 N–H and O–H groups in total. The van der Waals surface area contributed by atoms with Crippen molar-refractivity contribution in [3.05, 3.63) is 57.5 Å². The van der Waals surface area contributed by atoms with Crippen LogP contribution in [0.5, 0.6) is 0 Å². The number of nitro groups is 1. The molecule has 0 spiro atoms. The fraction of sp³-hybridized carbons (Fsp3) is 0.154. The molecule has 1 aromatic heterocycles. The first-order valence-electron chi connectivity index (χ1n) is 5.60. The third kappa shape index (κ3) is 2.79. The summed E-state index contributed by atoms with van der Waals surface area (Å²) in [4.78, 5) is 22.3. The maximum absolute atomic E-state index is 11.9. The van der Waals surface area contributed by atoms with Crippen LogP contribution in [0.2, 0.25) is 0 Å². The van der Waals surface area contributed by atoms with Crippen LogP contribution in [0.3, 0.4) is 0 Å². The first-order valence-corrected chi connectivity index (χ1v) is 5.60. The van der Waals surface area contributed by atoms with Crippen LogP contribution in [0.1, 0.15) is 21.9 Å². The molecule has 0 aliphatic heterocycles. The SMILES string of the molecule is Cc1ccc(NC(=O)c2ccc(C)o2)c([N+](=O)[O-])c1. The van der Waals surface area contributed by atoms with Gasteiger partial charge in [-0.3, -0.25) is 14.9 Å². The predicted molar refractivity (Wildman–Crippen MR) is 69.2 cm³/mol. The summed E-state index contributed by atoms with van der Waals surface area (Å²) in [5, 5.41) is 13.4. The van der Waals surface area contributed by atoms with E-state index in [-0.39, 0.29) is 17.1 Å². The van der Waals surface area contributed by atoms with Gasteiger partial charge in [0.05, 0.1) is 4.92 Å². The molecule has 0 fully saturated rings. The van der Waals surface area contributed by atoms with Gasteiger partial charge in [-0.25, -0.2) is 0 Å². The van der Waals surface area contributed by atoms with Crippen LogP contribution in [-0.2, 0) is 0 Å². The number of rotatable bonds is 3. The van der Waals surface area contributed by atoms with Crippen LogP contribution in [0, 0.1) is 24.0 Å². The minimum atomic E-state index is -0.532. The highest BCUT2D eigenvalue weighted by atomic mass is 16.6. The van der Waals surface area contributed by atoms with Gasteiger partial charge in [0, 0.05) is 6.07 Å². The largest absolute Gasteiger partial charge is 0.456 e. The summed E-state index contributed by atoms with van der Waals surface area (Å²) >= 11 is 0. The molecular weight excluding hydrogens is 248 g/mol. The lowest BCUT2D eigenvalue weighted by atomic mass is 10.2. The molecule has 0 atom stereocenters. The second-order valence-corrected chi connectivity index (χ2v) is 4.14. The second kappa shape index (κ2) is 4.93. The normalized spacial score (nSPS) is 10.2. The number of hydrogen-bond acceptors (Lipinski definition) is 4. The summed E-state index contributed by atoms with van der Waals surface area (Å²) in [5.74, 6) is 0.205. The van der Waals surface area contributed by atoms with Gasteiger partial charge in [-0.2, -0.15) is 0 Å². The van der Waals surface area contributed by atoms with Crippen molar-refractivity contribution in [2.75, 3.05) is 5.32 Å². The highest BCUT2D eigenvalue weighted by Crippen LogP contribution is 2.25. The molecule has 0 saturated heterocycles. The van der Waals surface area contributed by atoms with Gasteiger partial charge in [-0.15, -0.1) is 0 Å². The Bertz CT molecular complexity index is 646. The first-order chi connectivity index (χ1) is 8.97.